The van der Waals surface area contributed by atoms with Crippen LogP contribution in [0.4, 0.5) is 0 Å². The molecule has 0 spiro atoms. The molecule has 0 fully saturated rings. The molecule has 0 saturated heterocycles. The van der Waals surface area contributed by atoms with Crippen LogP contribution in [-0.4, -0.2) is 13.6 Å². The Kier molecular flexibility index (Phi) is 3.79. The lowest BCUT2D eigenvalue weighted by atomic mass is 10.2. The quantitative estimate of drug-likeness (QED) is 0.811. The van der Waals surface area contributed by atoms with Crippen LogP contribution in [0.2, 0.25) is 0 Å². The minimum absolute atomic E-state index is 0.0422. The SMILES string of the molecule is O=S(=O)(/N=C(\Cl)c1ccccc1)c1ccccc1. The molecule has 0 aliphatic heterocycles. The van der Waals surface area contributed by atoms with E-state index in [-0.39, 0.29) is 10.1 Å². The van der Waals surface area contributed by atoms with Crippen molar-refractivity contribution in [1.82, 2.24) is 0 Å². The number of nitrogens with zero attached hydrogens (tertiary/aromatic N) is 1. The van der Waals surface area contributed by atoms with Gasteiger partial charge in [0.1, 0.15) is 5.17 Å². The van der Waals surface area contributed by atoms with Crippen LogP contribution in [0, 0.1) is 0 Å². The van der Waals surface area contributed by atoms with E-state index < -0.39 is 10.0 Å². The van der Waals surface area contributed by atoms with Crippen molar-refractivity contribution in [3.8, 4) is 0 Å². The molecule has 0 amide bonds. The van der Waals surface area contributed by atoms with Gasteiger partial charge in [0.2, 0.25) is 0 Å². The molecule has 3 nitrogen and oxygen atoms in total. The van der Waals surface area contributed by atoms with Crippen LogP contribution >= 0.6 is 11.6 Å². The summed E-state index contributed by atoms with van der Waals surface area (Å²) in [7, 11) is -3.75. The summed E-state index contributed by atoms with van der Waals surface area (Å²) >= 11 is 5.91. The summed E-state index contributed by atoms with van der Waals surface area (Å²) in [4.78, 5) is 0.124. The molecule has 2 aromatic carbocycles. The van der Waals surface area contributed by atoms with Gasteiger partial charge in [-0.1, -0.05) is 60.1 Å². The lowest BCUT2D eigenvalue weighted by Crippen LogP contribution is -2.01. The molecule has 0 unspecified atom stereocenters. The summed E-state index contributed by atoms with van der Waals surface area (Å²) in [6, 6.07) is 16.7. The molecule has 18 heavy (non-hydrogen) atoms. The van der Waals surface area contributed by atoms with Crippen LogP contribution in [0.25, 0.3) is 0 Å². The summed E-state index contributed by atoms with van der Waals surface area (Å²) in [6.45, 7) is 0. The average Bonchev–Trinajstić information content (AvgIpc) is 2.40. The zero-order valence-electron chi connectivity index (χ0n) is 9.32. The standard InChI is InChI=1S/C13H10ClNO2S/c14-13(11-7-3-1-4-8-11)15-18(16,17)12-9-5-2-6-10-12/h1-10H/b15-13-. The van der Waals surface area contributed by atoms with Gasteiger partial charge in [-0.15, -0.1) is 4.40 Å². The first-order chi connectivity index (χ1) is 8.59. The average molecular weight is 280 g/mol. The second-order valence-corrected chi connectivity index (χ2v) is 5.50. The predicted molar refractivity (Wildman–Crippen MR) is 72.5 cm³/mol. The molecule has 0 aliphatic carbocycles. The summed E-state index contributed by atoms with van der Waals surface area (Å²) in [5.41, 5.74) is 0.568. The molecule has 92 valence electrons. The van der Waals surface area contributed by atoms with Crippen molar-refractivity contribution in [1.29, 1.82) is 0 Å². The molecule has 0 aromatic heterocycles. The number of halogens is 1. The molecule has 2 rings (SSSR count). The zero-order chi connectivity index (χ0) is 13.0. The normalized spacial score (nSPS) is 12.4. The summed E-state index contributed by atoms with van der Waals surface area (Å²) in [6.07, 6.45) is 0. The Labute approximate surface area is 111 Å². The fraction of sp³-hybridized carbons (Fsp3) is 0. The van der Waals surface area contributed by atoms with Gasteiger partial charge in [0.25, 0.3) is 10.0 Å². The summed E-state index contributed by atoms with van der Waals surface area (Å²) in [5.74, 6) is 0. The molecule has 0 N–H and O–H groups in total. The lowest BCUT2D eigenvalue weighted by molar-refractivity contribution is 0.598. The first-order valence-corrected chi connectivity index (χ1v) is 7.02. The molecular formula is C13H10ClNO2S. The van der Waals surface area contributed by atoms with Crippen molar-refractivity contribution in [2.45, 2.75) is 4.90 Å². The van der Waals surface area contributed by atoms with E-state index in [4.69, 9.17) is 11.6 Å². The monoisotopic (exact) mass is 279 g/mol. The number of hydrogen-bond donors (Lipinski definition) is 0. The molecule has 0 heterocycles. The lowest BCUT2D eigenvalue weighted by Gasteiger charge is -2.00. The summed E-state index contributed by atoms with van der Waals surface area (Å²) in [5, 5.41) is -0.0422. The van der Waals surface area contributed by atoms with Crippen molar-refractivity contribution in [2.24, 2.45) is 4.40 Å². The van der Waals surface area contributed by atoms with Gasteiger partial charge in [-0.25, -0.2) is 0 Å². The second kappa shape index (κ2) is 5.33. The van der Waals surface area contributed by atoms with Gasteiger partial charge in [-0.05, 0) is 12.1 Å². The van der Waals surface area contributed by atoms with Crippen molar-refractivity contribution in [2.75, 3.05) is 0 Å². The largest absolute Gasteiger partial charge is 0.283 e. The van der Waals surface area contributed by atoms with Gasteiger partial charge in [0.05, 0.1) is 4.90 Å². The maximum atomic E-state index is 11.9. The molecule has 0 radical (unpaired) electrons. The topological polar surface area (TPSA) is 46.5 Å². The van der Waals surface area contributed by atoms with Gasteiger partial charge >= 0.3 is 0 Å². The first kappa shape index (κ1) is 12.8. The maximum absolute atomic E-state index is 11.9. The van der Waals surface area contributed by atoms with Crippen LogP contribution in [0.5, 0.6) is 0 Å². The Morgan fingerprint density at radius 3 is 1.94 bits per heavy atom. The smallest absolute Gasteiger partial charge is 0.199 e. The molecular weight excluding hydrogens is 270 g/mol. The molecule has 5 heteroatoms. The minimum Gasteiger partial charge on any atom is -0.199 e. The molecule has 2 aromatic rings. The fourth-order valence-electron chi connectivity index (χ4n) is 1.38. The Balaban J connectivity index is 2.39. The van der Waals surface area contributed by atoms with E-state index in [1.807, 2.05) is 6.07 Å². The van der Waals surface area contributed by atoms with Crippen molar-refractivity contribution in [3.05, 3.63) is 66.2 Å². The Morgan fingerprint density at radius 1 is 0.889 bits per heavy atom. The van der Waals surface area contributed by atoms with E-state index >= 15 is 0 Å². The van der Waals surface area contributed by atoms with Crippen LogP contribution in [-0.2, 0) is 10.0 Å². The van der Waals surface area contributed by atoms with Crippen LogP contribution < -0.4 is 0 Å². The molecule has 0 bridgehead atoms. The summed E-state index contributed by atoms with van der Waals surface area (Å²) < 4.78 is 27.5. The highest BCUT2D eigenvalue weighted by molar-refractivity contribution is 7.90. The van der Waals surface area contributed by atoms with Crippen LogP contribution in [0.1, 0.15) is 5.56 Å². The highest BCUT2D eigenvalue weighted by Gasteiger charge is 2.13. The van der Waals surface area contributed by atoms with Gasteiger partial charge in [-0.3, -0.25) is 0 Å². The third-order valence-corrected chi connectivity index (χ3v) is 3.95. The maximum Gasteiger partial charge on any atom is 0.283 e. The van der Waals surface area contributed by atoms with Crippen molar-refractivity contribution < 1.29 is 8.42 Å². The fourth-order valence-corrected chi connectivity index (χ4v) is 2.70. The van der Waals surface area contributed by atoms with Gasteiger partial charge in [0.15, 0.2) is 0 Å². The number of rotatable bonds is 3. The Bertz CT molecular complexity index is 652. The van der Waals surface area contributed by atoms with Crippen molar-refractivity contribution >= 4 is 26.8 Å². The second-order valence-electron chi connectivity index (χ2n) is 3.54. The van der Waals surface area contributed by atoms with Crippen LogP contribution in [0.3, 0.4) is 0 Å². The first-order valence-electron chi connectivity index (χ1n) is 5.20. The molecule has 0 aliphatic rings. The molecule has 0 atom stereocenters. The number of hydrogen-bond acceptors (Lipinski definition) is 2. The third-order valence-electron chi connectivity index (χ3n) is 2.25. The number of sulfonamides is 1. The van der Waals surface area contributed by atoms with E-state index in [2.05, 4.69) is 4.40 Å². The van der Waals surface area contributed by atoms with Crippen molar-refractivity contribution in [3.63, 3.8) is 0 Å². The number of benzene rings is 2. The Morgan fingerprint density at radius 2 is 1.39 bits per heavy atom. The van der Waals surface area contributed by atoms with E-state index in [9.17, 15) is 8.42 Å². The minimum atomic E-state index is -3.75. The molecule has 0 saturated carbocycles. The third kappa shape index (κ3) is 2.97. The van der Waals surface area contributed by atoms with Gasteiger partial charge in [-0.2, -0.15) is 8.42 Å². The van der Waals surface area contributed by atoms with Gasteiger partial charge < -0.3 is 0 Å². The highest BCUT2D eigenvalue weighted by Crippen LogP contribution is 2.14. The van der Waals surface area contributed by atoms with E-state index in [1.54, 1.807) is 42.5 Å². The van der Waals surface area contributed by atoms with Crippen LogP contribution in [0.15, 0.2) is 70.0 Å². The Hall–Kier alpha value is -1.65. The highest BCUT2D eigenvalue weighted by atomic mass is 35.5. The predicted octanol–water partition coefficient (Wildman–Crippen LogP) is 3.06. The van der Waals surface area contributed by atoms with E-state index in [0.29, 0.717) is 5.56 Å². The zero-order valence-corrected chi connectivity index (χ0v) is 10.9. The van der Waals surface area contributed by atoms with Gasteiger partial charge in [0, 0.05) is 5.56 Å². The van der Waals surface area contributed by atoms with E-state index in [0.717, 1.165) is 0 Å². The van der Waals surface area contributed by atoms with E-state index in [1.165, 1.54) is 12.1 Å².